The quantitative estimate of drug-likeness (QED) is 0.338. The van der Waals surface area contributed by atoms with Crippen LogP contribution in [0.15, 0.2) is 42.6 Å². The smallest absolute Gasteiger partial charge is 0.243 e. The van der Waals surface area contributed by atoms with Crippen molar-refractivity contribution >= 4 is 40.0 Å². The van der Waals surface area contributed by atoms with E-state index >= 15 is 0 Å². The van der Waals surface area contributed by atoms with E-state index in [2.05, 4.69) is 20.6 Å². The van der Waals surface area contributed by atoms with Crippen molar-refractivity contribution in [1.29, 1.82) is 0 Å². The number of alkyl halides is 1. The van der Waals surface area contributed by atoms with Crippen LogP contribution in [0.1, 0.15) is 35.7 Å². The van der Waals surface area contributed by atoms with Gasteiger partial charge in [-0.15, -0.1) is 10.2 Å². The molecule has 3 heterocycles. The van der Waals surface area contributed by atoms with Gasteiger partial charge in [-0.1, -0.05) is 35.9 Å². The zero-order valence-corrected chi connectivity index (χ0v) is 21.1. The first-order chi connectivity index (χ1) is 18.2. The molecule has 1 saturated heterocycles. The van der Waals surface area contributed by atoms with E-state index < -0.39 is 23.9 Å². The highest BCUT2D eigenvalue weighted by molar-refractivity contribution is 6.30. The molecule has 4 aromatic rings. The number of benzene rings is 2. The molecule has 1 fully saturated rings. The zero-order chi connectivity index (χ0) is 27.0. The highest BCUT2D eigenvalue weighted by Crippen LogP contribution is 2.29. The lowest BCUT2D eigenvalue weighted by atomic mass is 10.0. The van der Waals surface area contributed by atoms with Gasteiger partial charge in [0.05, 0.1) is 17.6 Å². The summed E-state index contributed by atoms with van der Waals surface area (Å²) >= 11 is 5.82. The average molecular weight is 541 g/mol. The molecule has 9 nitrogen and oxygen atoms in total. The Morgan fingerprint density at radius 3 is 2.76 bits per heavy atom. The Bertz CT molecular complexity index is 1540. The third kappa shape index (κ3) is 4.93. The number of aromatic amines is 1. The number of nitrogens with zero attached hydrogens (tertiary/aromatic N) is 5. The molecule has 0 bridgehead atoms. The second kappa shape index (κ2) is 10.4. The van der Waals surface area contributed by atoms with E-state index in [1.807, 2.05) is 0 Å². The number of Topliss-reactive ketones (excluding diaryl/α,β-unsaturated/α-hetero) is 2. The number of ketones is 2. The van der Waals surface area contributed by atoms with Gasteiger partial charge in [0.2, 0.25) is 11.7 Å². The number of hydrogen-bond donors (Lipinski definition) is 1. The number of tetrazole rings is 1. The van der Waals surface area contributed by atoms with Crippen molar-refractivity contribution in [3.05, 3.63) is 64.6 Å². The van der Waals surface area contributed by atoms with Crippen molar-refractivity contribution < 1.29 is 23.2 Å². The maximum atomic E-state index is 14.4. The Labute approximate surface area is 220 Å². The van der Waals surface area contributed by atoms with Crippen LogP contribution in [0.2, 0.25) is 5.02 Å². The SMILES string of the molecule is CC(=O)c1cn(CC(=O)N2C[C@H](F)C[C@H]2C(=O)CCc2cccc(Cl)c2F)c2cc(-c3nn[nH]n3)ccc12. The number of amides is 1. The number of fused-ring (bicyclic) bond motifs is 1. The second-order valence-corrected chi connectivity index (χ2v) is 9.68. The first-order valence-corrected chi connectivity index (χ1v) is 12.4. The second-order valence-electron chi connectivity index (χ2n) is 9.27. The fourth-order valence-electron chi connectivity index (χ4n) is 4.89. The van der Waals surface area contributed by atoms with Crippen molar-refractivity contribution in [3.8, 4) is 11.4 Å². The summed E-state index contributed by atoms with van der Waals surface area (Å²) in [6.07, 6.45) is 0.134. The van der Waals surface area contributed by atoms with E-state index in [-0.39, 0.29) is 54.5 Å². The Morgan fingerprint density at radius 2 is 2.03 bits per heavy atom. The Morgan fingerprint density at radius 1 is 1.21 bits per heavy atom. The maximum absolute atomic E-state index is 14.4. The van der Waals surface area contributed by atoms with E-state index in [4.69, 9.17) is 11.6 Å². The van der Waals surface area contributed by atoms with Gasteiger partial charge in [-0.05, 0) is 36.3 Å². The van der Waals surface area contributed by atoms with Crippen molar-refractivity contribution in [1.82, 2.24) is 30.1 Å². The van der Waals surface area contributed by atoms with Gasteiger partial charge < -0.3 is 9.47 Å². The molecular formula is C26H23ClF2N6O3. The third-order valence-corrected chi connectivity index (χ3v) is 7.08. The molecule has 196 valence electrons. The number of aryl methyl sites for hydroxylation is 1. The van der Waals surface area contributed by atoms with Crippen LogP contribution in [0.25, 0.3) is 22.3 Å². The molecule has 0 spiro atoms. The molecule has 0 aliphatic carbocycles. The molecule has 1 N–H and O–H groups in total. The summed E-state index contributed by atoms with van der Waals surface area (Å²) in [4.78, 5) is 39.9. The standard InChI is InChI=1S/C26H23ClF2N6O3/c1-14(36)19-12-34(21-9-16(5-7-18(19)21)26-30-32-33-31-26)13-24(38)35-11-17(28)10-22(35)23(37)8-6-15-3-2-4-20(27)25(15)29/h2-5,7,9,12,17,22H,6,8,10-11,13H2,1H3,(H,30,31,32,33)/t17-,22+/m1/s1. The third-order valence-electron chi connectivity index (χ3n) is 6.79. The van der Waals surface area contributed by atoms with E-state index in [0.717, 1.165) is 0 Å². The first-order valence-electron chi connectivity index (χ1n) is 12.0. The van der Waals surface area contributed by atoms with E-state index in [1.165, 1.54) is 24.0 Å². The molecule has 2 aromatic heterocycles. The van der Waals surface area contributed by atoms with Crippen molar-refractivity contribution in [2.24, 2.45) is 0 Å². The predicted molar refractivity (Wildman–Crippen MR) is 135 cm³/mol. The number of halogens is 3. The summed E-state index contributed by atoms with van der Waals surface area (Å²) in [5.74, 6) is -1.24. The summed E-state index contributed by atoms with van der Waals surface area (Å²) in [5.41, 5.74) is 1.92. The van der Waals surface area contributed by atoms with Crippen LogP contribution in [0.3, 0.4) is 0 Å². The topological polar surface area (TPSA) is 114 Å². The molecular weight excluding hydrogens is 518 g/mol. The largest absolute Gasteiger partial charge is 0.337 e. The van der Waals surface area contributed by atoms with Crippen LogP contribution >= 0.6 is 11.6 Å². The number of nitrogens with one attached hydrogen (secondary N) is 1. The van der Waals surface area contributed by atoms with Gasteiger partial charge in [0.1, 0.15) is 18.5 Å². The van der Waals surface area contributed by atoms with Gasteiger partial charge >= 0.3 is 0 Å². The predicted octanol–water partition coefficient (Wildman–Crippen LogP) is 3.96. The van der Waals surface area contributed by atoms with Gasteiger partial charge in [-0.3, -0.25) is 14.4 Å². The first kappa shape index (κ1) is 25.7. The lowest BCUT2D eigenvalue weighted by Gasteiger charge is -2.24. The summed E-state index contributed by atoms with van der Waals surface area (Å²) in [6, 6.07) is 8.82. The van der Waals surface area contributed by atoms with Crippen LogP contribution < -0.4 is 0 Å². The number of hydrogen-bond acceptors (Lipinski definition) is 6. The fourth-order valence-corrected chi connectivity index (χ4v) is 5.09. The van der Waals surface area contributed by atoms with Crippen LogP contribution in [0, 0.1) is 5.82 Å². The number of aromatic nitrogens is 5. The molecule has 1 aliphatic rings. The number of carbonyl (C=O) groups excluding carboxylic acids is 3. The molecule has 2 aromatic carbocycles. The Balaban J connectivity index is 1.37. The van der Waals surface area contributed by atoms with E-state index in [1.54, 1.807) is 35.0 Å². The summed E-state index contributed by atoms with van der Waals surface area (Å²) in [6.45, 7) is 1.01. The Hall–Kier alpha value is -3.99. The molecule has 2 atom stereocenters. The van der Waals surface area contributed by atoms with Gasteiger partial charge in [0.25, 0.3) is 0 Å². The summed E-state index contributed by atoms with van der Waals surface area (Å²) < 4.78 is 30.3. The van der Waals surface area contributed by atoms with Gasteiger partial charge in [-0.25, -0.2) is 8.78 Å². The molecule has 0 unspecified atom stereocenters. The summed E-state index contributed by atoms with van der Waals surface area (Å²) in [5, 5.41) is 14.5. The maximum Gasteiger partial charge on any atom is 0.243 e. The van der Waals surface area contributed by atoms with Crippen molar-refractivity contribution in [2.75, 3.05) is 6.54 Å². The molecule has 0 radical (unpaired) electrons. The molecule has 1 aliphatic heterocycles. The van der Waals surface area contributed by atoms with Crippen LogP contribution in [0.4, 0.5) is 8.78 Å². The number of H-pyrrole nitrogens is 1. The highest BCUT2D eigenvalue weighted by atomic mass is 35.5. The Kier molecular flexibility index (Phi) is 7.02. The fraction of sp³-hybridized carbons (Fsp3) is 0.308. The monoisotopic (exact) mass is 540 g/mol. The molecule has 1 amide bonds. The molecule has 12 heteroatoms. The van der Waals surface area contributed by atoms with Gasteiger partial charge in [0.15, 0.2) is 11.6 Å². The minimum Gasteiger partial charge on any atom is -0.337 e. The lowest BCUT2D eigenvalue weighted by molar-refractivity contribution is -0.138. The minimum atomic E-state index is -1.35. The normalized spacial score (nSPS) is 17.3. The average Bonchev–Trinajstić information content (AvgIpc) is 3.64. The lowest BCUT2D eigenvalue weighted by Crippen LogP contribution is -2.42. The number of carbonyl (C=O) groups is 3. The number of likely N-dealkylation sites (tertiary alicyclic amines) is 1. The molecule has 5 rings (SSSR count). The minimum absolute atomic E-state index is 0.0391. The molecule has 0 saturated carbocycles. The van der Waals surface area contributed by atoms with Gasteiger partial charge in [-0.2, -0.15) is 5.21 Å². The van der Waals surface area contributed by atoms with Crippen LogP contribution in [0.5, 0.6) is 0 Å². The van der Waals surface area contributed by atoms with Crippen molar-refractivity contribution in [3.63, 3.8) is 0 Å². The van der Waals surface area contributed by atoms with Crippen molar-refractivity contribution in [2.45, 2.75) is 44.9 Å². The zero-order valence-electron chi connectivity index (χ0n) is 20.3. The summed E-state index contributed by atoms with van der Waals surface area (Å²) in [7, 11) is 0. The van der Waals surface area contributed by atoms with E-state index in [0.29, 0.717) is 27.9 Å². The van der Waals surface area contributed by atoms with Crippen LogP contribution in [-0.2, 0) is 22.6 Å². The highest BCUT2D eigenvalue weighted by Gasteiger charge is 2.39. The number of rotatable bonds is 8. The van der Waals surface area contributed by atoms with Crippen LogP contribution in [-0.4, -0.2) is 66.3 Å². The van der Waals surface area contributed by atoms with Gasteiger partial charge in [0, 0.05) is 41.1 Å². The molecule has 38 heavy (non-hydrogen) atoms. The van der Waals surface area contributed by atoms with E-state index in [9.17, 15) is 23.2 Å².